The zero-order chi connectivity index (χ0) is 21.9. The van der Waals surface area contributed by atoms with Crippen molar-refractivity contribution >= 4 is 11.4 Å². The standard InChI is InChI=1S/C26H41N3.Zr/c1-15-11-25(23(9)21(7)19(15)5)28-17(3)13-27-14-18(4)29-26-12-16(2)20(6)22(8)24(26)10;/h11-12,17-18,27-29H,13-14H2,1-10H3;. The third-order valence-corrected chi connectivity index (χ3v) is 6.67. The van der Waals surface area contributed by atoms with Crippen LogP contribution in [0.2, 0.25) is 0 Å². The van der Waals surface area contributed by atoms with Crippen molar-refractivity contribution in [2.24, 2.45) is 0 Å². The van der Waals surface area contributed by atoms with E-state index in [0.29, 0.717) is 12.1 Å². The van der Waals surface area contributed by atoms with Crippen molar-refractivity contribution in [3.8, 4) is 0 Å². The van der Waals surface area contributed by atoms with E-state index in [2.05, 4.69) is 97.3 Å². The zero-order valence-electron chi connectivity index (χ0n) is 20.7. The minimum Gasteiger partial charge on any atom is -0.381 e. The Morgan fingerprint density at radius 1 is 0.567 bits per heavy atom. The molecular formula is C26H41N3Zr. The second-order valence-electron chi connectivity index (χ2n) is 8.98. The molecule has 0 aliphatic heterocycles. The molecule has 2 atom stereocenters. The summed E-state index contributed by atoms with van der Waals surface area (Å²) in [6.07, 6.45) is 0. The molecule has 0 saturated heterocycles. The average Bonchev–Trinajstić information content (AvgIpc) is 2.66. The van der Waals surface area contributed by atoms with Crippen molar-refractivity contribution in [3.05, 3.63) is 56.6 Å². The van der Waals surface area contributed by atoms with Gasteiger partial charge in [0.1, 0.15) is 0 Å². The Morgan fingerprint density at radius 3 is 1.23 bits per heavy atom. The second-order valence-corrected chi connectivity index (χ2v) is 8.98. The largest absolute Gasteiger partial charge is 0.381 e. The van der Waals surface area contributed by atoms with Crippen LogP contribution in [0.3, 0.4) is 0 Å². The molecule has 0 amide bonds. The number of aryl methyl sites for hydroxylation is 2. The molecule has 0 aliphatic carbocycles. The number of benzene rings is 2. The molecule has 2 unspecified atom stereocenters. The first-order valence-electron chi connectivity index (χ1n) is 10.9. The summed E-state index contributed by atoms with van der Waals surface area (Å²) in [4.78, 5) is 0. The molecule has 0 radical (unpaired) electrons. The molecule has 0 aromatic heterocycles. The summed E-state index contributed by atoms with van der Waals surface area (Å²) in [5, 5.41) is 11.0. The summed E-state index contributed by atoms with van der Waals surface area (Å²) in [7, 11) is 0. The fourth-order valence-corrected chi connectivity index (χ4v) is 3.87. The van der Waals surface area contributed by atoms with Crippen LogP contribution in [0.15, 0.2) is 12.1 Å². The van der Waals surface area contributed by atoms with E-state index in [4.69, 9.17) is 0 Å². The Morgan fingerprint density at radius 2 is 0.900 bits per heavy atom. The molecule has 0 aliphatic rings. The molecule has 2 rings (SSSR count). The van der Waals surface area contributed by atoms with Crippen LogP contribution in [-0.4, -0.2) is 25.2 Å². The van der Waals surface area contributed by atoms with Gasteiger partial charge in [0.25, 0.3) is 0 Å². The predicted octanol–water partition coefficient (Wildman–Crippen LogP) is 6.04. The van der Waals surface area contributed by atoms with E-state index in [0.717, 1.165) is 13.1 Å². The summed E-state index contributed by atoms with van der Waals surface area (Å²) < 4.78 is 0. The van der Waals surface area contributed by atoms with E-state index in [1.807, 2.05) is 0 Å². The molecular weight excluding hydrogens is 446 g/mol. The van der Waals surface area contributed by atoms with Crippen LogP contribution in [0.1, 0.15) is 58.4 Å². The molecule has 3 N–H and O–H groups in total. The van der Waals surface area contributed by atoms with Crippen molar-refractivity contribution in [1.29, 1.82) is 0 Å². The van der Waals surface area contributed by atoms with Crippen LogP contribution in [0.25, 0.3) is 0 Å². The molecule has 0 saturated carbocycles. The second kappa shape index (κ2) is 11.5. The molecule has 3 nitrogen and oxygen atoms in total. The van der Waals surface area contributed by atoms with E-state index in [-0.39, 0.29) is 26.2 Å². The maximum Gasteiger partial charge on any atom is 0.0377 e. The maximum atomic E-state index is 3.69. The fourth-order valence-electron chi connectivity index (χ4n) is 3.87. The molecule has 164 valence electrons. The monoisotopic (exact) mass is 485 g/mol. The molecule has 2 aromatic carbocycles. The first-order chi connectivity index (χ1) is 13.5. The molecule has 4 heteroatoms. The van der Waals surface area contributed by atoms with Crippen LogP contribution in [0.4, 0.5) is 11.4 Å². The molecule has 0 spiro atoms. The smallest absolute Gasteiger partial charge is 0.0377 e. The van der Waals surface area contributed by atoms with E-state index in [9.17, 15) is 0 Å². The zero-order valence-corrected chi connectivity index (χ0v) is 23.2. The van der Waals surface area contributed by atoms with Gasteiger partial charge in [-0.3, -0.25) is 0 Å². The van der Waals surface area contributed by atoms with E-state index in [1.165, 1.54) is 55.9 Å². The minimum absolute atomic E-state index is 0. The quantitative estimate of drug-likeness (QED) is 0.425. The van der Waals surface area contributed by atoms with Gasteiger partial charge in [-0.05, 0) is 126 Å². The van der Waals surface area contributed by atoms with E-state index in [1.54, 1.807) is 0 Å². The summed E-state index contributed by atoms with van der Waals surface area (Å²) >= 11 is 0. The Balaban J connectivity index is 0.00000450. The number of hydrogen-bond acceptors (Lipinski definition) is 3. The molecule has 2 aromatic rings. The van der Waals surface area contributed by atoms with E-state index < -0.39 is 0 Å². The number of anilines is 2. The van der Waals surface area contributed by atoms with Gasteiger partial charge in [0.2, 0.25) is 0 Å². The summed E-state index contributed by atoms with van der Waals surface area (Å²) in [6, 6.07) is 5.30. The van der Waals surface area contributed by atoms with Crippen molar-refractivity contribution in [2.75, 3.05) is 23.7 Å². The van der Waals surface area contributed by atoms with Crippen LogP contribution >= 0.6 is 0 Å². The fraction of sp³-hybridized carbons (Fsp3) is 0.538. The summed E-state index contributed by atoms with van der Waals surface area (Å²) in [6.45, 7) is 24.0. The maximum absolute atomic E-state index is 3.69. The summed E-state index contributed by atoms with van der Waals surface area (Å²) in [5.41, 5.74) is 13.5. The van der Waals surface area contributed by atoms with Crippen LogP contribution in [-0.2, 0) is 26.2 Å². The Bertz CT molecular complexity index is 802. The van der Waals surface area contributed by atoms with Crippen molar-refractivity contribution < 1.29 is 26.2 Å². The number of rotatable bonds is 8. The number of hydrogen-bond donors (Lipinski definition) is 3. The van der Waals surface area contributed by atoms with Gasteiger partial charge < -0.3 is 16.0 Å². The van der Waals surface area contributed by atoms with Gasteiger partial charge in [-0.1, -0.05) is 0 Å². The molecule has 0 bridgehead atoms. The predicted molar refractivity (Wildman–Crippen MR) is 130 cm³/mol. The van der Waals surface area contributed by atoms with Gasteiger partial charge in [-0.25, -0.2) is 0 Å². The van der Waals surface area contributed by atoms with Crippen LogP contribution < -0.4 is 16.0 Å². The SMILES string of the molecule is Cc1cc(NC(C)CNCC(C)Nc2cc(C)c(C)c(C)c2C)c(C)c(C)c1C.[Zr]. The Labute approximate surface area is 203 Å². The normalized spacial score (nSPS) is 12.9. The first kappa shape index (κ1) is 26.9. The van der Waals surface area contributed by atoms with E-state index >= 15 is 0 Å². The van der Waals surface area contributed by atoms with Crippen molar-refractivity contribution in [3.63, 3.8) is 0 Å². The van der Waals surface area contributed by atoms with Gasteiger partial charge in [-0.2, -0.15) is 0 Å². The topological polar surface area (TPSA) is 36.1 Å². The van der Waals surface area contributed by atoms with Gasteiger partial charge in [0, 0.05) is 62.8 Å². The third kappa shape index (κ3) is 6.44. The van der Waals surface area contributed by atoms with Crippen molar-refractivity contribution in [2.45, 2.75) is 81.3 Å². The Hall–Kier alpha value is -1.12. The van der Waals surface area contributed by atoms with Crippen LogP contribution in [0, 0.1) is 55.4 Å². The average molecular weight is 487 g/mol. The van der Waals surface area contributed by atoms with Gasteiger partial charge in [-0.15, -0.1) is 0 Å². The summed E-state index contributed by atoms with van der Waals surface area (Å²) in [5.74, 6) is 0. The molecule has 0 heterocycles. The van der Waals surface area contributed by atoms with Gasteiger partial charge >= 0.3 is 0 Å². The number of nitrogens with one attached hydrogen (secondary N) is 3. The van der Waals surface area contributed by atoms with Crippen LogP contribution in [0.5, 0.6) is 0 Å². The van der Waals surface area contributed by atoms with Gasteiger partial charge in [0.05, 0.1) is 0 Å². The molecule has 30 heavy (non-hydrogen) atoms. The Kier molecular flexibility index (Phi) is 10.3. The third-order valence-electron chi connectivity index (χ3n) is 6.67. The molecule has 0 fully saturated rings. The minimum atomic E-state index is 0. The first-order valence-corrected chi connectivity index (χ1v) is 10.9. The van der Waals surface area contributed by atoms with Crippen molar-refractivity contribution in [1.82, 2.24) is 5.32 Å². The van der Waals surface area contributed by atoms with Gasteiger partial charge in [0.15, 0.2) is 0 Å².